The number of carboxylic acid groups (broad SMARTS) is 1. The van der Waals surface area contributed by atoms with Crippen LogP contribution in [0.5, 0.6) is 5.75 Å². The van der Waals surface area contributed by atoms with Gasteiger partial charge in [-0.1, -0.05) is 98.8 Å². The van der Waals surface area contributed by atoms with E-state index in [4.69, 9.17) is 53.3 Å². The number of carboxylic acids is 1. The first kappa shape index (κ1) is 49.4. The maximum Gasteiger partial charge on any atom is 0.342 e. The molecule has 0 atom stereocenters. The highest BCUT2D eigenvalue weighted by atomic mass is 35.5. The zero-order chi connectivity index (χ0) is 45.0. The lowest BCUT2D eigenvalue weighted by Crippen LogP contribution is -2.38. The third-order valence-electron chi connectivity index (χ3n) is 10.6. The van der Waals surface area contributed by atoms with Gasteiger partial charge >= 0.3 is 11.9 Å². The molecular weight excluding hydrogens is 833 g/mol. The summed E-state index contributed by atoms with van der Waals surface area (Å²) in [7, 11) is 0. The summed E-state index contributed by atoms with van der Waals surface area (Å²) in [5, 5.41) is 18.8. The number of fused-ring (bicyclic) bond motifs is 1. The molecule has 1 aromatic heterocycles. The Labute approximate surface area is 373 Å². The number of ketones is 1. The van der Waals surface area contributed by atoms with E-state index in [1.165, 1.54) is 76.6 Å². The van der Waals surface area contributed by atoms with Crippen molar-refractivity contribution < 1.29 is 33.4 Å². The van der Waals surface area contributed by atoms with Gasteiger partial charge in [0.1, 0.15) is 28.7 Å². The fourth-order valence-electron chi connectivity index (χ4n) is 7.06. The molecule has 0 amide bonds. The number of nitrogens with one attached hydrogen (secondary N) is 2. The number of aliphatic carboxylic acids is 1. The molecule has 3 heterocycles. The first-order valence-electron chi connectivity index (χ1n) is 21.2. The number of rotatable bonds is 14. The van der Waals surface area contributed by atoms with Gasteiger partial charge in [-0.2, -0.15) is 0 Å². The Hall–Kier alpha value is -5.21. The van der Waals surface area contributed by atoms with E-state index in [2.05, 4.69) is 21.7 Å². The predicted molar refractivity (Wildman–Crippen MR) is 246 cm³/mol. The number of carbonyl (C=O) groups excluding carboxylic acids is 2. The number of likely N-dealkylation sites (tertiary alicyclic amines) is 2. The number of allylic oxidation sites excluding steroid dienone is 1. The quantitative estimate of drug-likeness (QED) is 0.0310. The summed E-state index contributed by atoms with van der Waals surface area (Å²) >= 11 is 11.9. The number of piperidine rings is 1. The minimum atomic E-state index is -1.13. The largest absolute Gasteiger partial charge is 0.480 e. The summed E-state index contributed by atoms with van der Waals surface area (Å²) in [6, 6.07) is 17.3. The van der Waals surface area contributed by atoms with Crippen LogP contribution in [0.2, 0.25) is 10.0 Å². The van der Waals surface area contributed by atoms with Crippen LogP contribution in [-0.2, 0) is 9.53 Å². The van der Waals surface area contributed by atoms with Crippen molar-refractivity contribution in [3.63, 3.8) is 0 Å². The van der Waals surface area contributed by atoms with E-state index in [0.717, 1.165) is 38.3 Å². The van der Waals surface area contributed by atoms with Crippen LogP contribution >= 0.6 is 23.2 Å². The lowest BCUT2D eigenvalue weighted by Gasteiger charge is -2.25. The number of nitrogens with zero attached hydrogens (tertiary/aromatic N) is 2. The summed E-state index contributed by atoms with van der Waals surface area (Å²) in [6.45, 7) is 14.1. The molecule has 0 spiro atoms. The van der Waals surface area contributed by atoms with E-state index in [9.17, 15) is 19.2 Å². The summed E-state index contributed by atoms with van der Waals surface area (Å²) in [5.74, 6) is -1.20. The molecule has 334 valence electrons. The summed E-state index contributed by atoms with van der Waals surface area (Å²) in [5.41, 5.74) is 7.62. The van der Waals surface area contributed by atoms with Crippen molar-refractivity contribution in [1.29, 1.82) is 5.41 Å². The Morgan fingerprint density at radius 3 is 2.08 bits per heavy atom. The van der Waals surface area contributed by atoms with Crippen LogP contribution in [0, 0.1) is 12.3 Å². The molecule has 0 aliphatic carbocycles. The maximum atomic E-state index is 12.9. The van der Waals surface area contributed by atoms with Gasteiger partial charge in [-0.05, 0) is 95.0 Å². The second-order valence-electron chi connectivity index (χ2n) is 15.1. The first-order chi connectivity index (χ1) is 29.8. The Balaban J connectivity index is 0.000000221. The molecule has 2 aliphatic rings. The van der Waals surface area contributed by atoms with Crippen LogP contribution in [0.1, 0.15) is 91.0 Å². The number of Topliss-reactive ketones (excluding diaryl/α,β-unsaturated/α-hetero) is 1. The van der Waals surface area contributed by atoms with E-state index in [1.807, 2.05) is 30.3 Å². The molecule has 0 saturated carbocycles. The molecule has 3 aromatic carbocycles. The number of hydrogen-bond donors (Lipinski definition) is 4. The molecule has 2 aliphatic heterocycles. The average Bonchev–Trinajstić information content (AvgIpc) is 3.26. The Kier molecular flexibility index (Phi) is 20.5. The standard InChI is InChI=1S/C24H25NO4.C13H12Cl2O4.C10H22N4/c1-17-21(26)19-11-8-12-20(23(19)29-22(17)18-9-4-2-5-10-18)24(27)28-16-15-25-13-6-3-7-14-25;1-3-7(2)13(18)8-4-5-9(12(15)11(8)14)19-6-10(16)17;11-10(12)13-6-9-14-7-4-2-1-3-5-8-14/h2,4-5,8-12H,3,6-7,13-16H2,1H3;4-5H,2-3,6H2,1H3,(H,16,17);1-9H2,(H4,11,12,13). The van der Waals surface area contributed by atoms with Gasteiger partial charge in [0, 0.05) is 36.3 Å². The molecule has 0 radical (unpaired) electrons. The van der Waals surface area contributed by atoms with Crippen molar-refractivity contribution in [2.24, 2.45) is 5.73 Å². The SMILES string of the molecule is C=C(CC)C(=O)c1ccc(OCC(=O)O)c(Cl)c1Cl.Cc1c(-c2ccccc2)oc2c(C(=O)OCCN3CCCCC3)cccc2c1=O.N=C(N)NCCN1CCCCCCC1. The highest BCUT2D eigenvalue weighted by Crippen LogP contribution is 2.36. The number of nitrogens with two attached hydrogens (primary N) is 1. The molecule has 62 heavy (non-hydrogen) atoms. The van der Waals surface area contributed by atoms with Crippen molar-refractivity contribution in [3.05, 3.63) is 110 Å². The maximum absolute atomic E-state index is 12.9. The van der Waals surface area contributed by atoms with Gasteiger partial charge in [0.15, 0.2) is 29.4 Å². The zero-order valence-electron chi connectivity index (χ0n) is 35.7. The second kappa shape index (κ2) is 25.7. The molecule has 4 aromatic rings. The van der Waals surface area contributed by atoms with Gasteiger partial charge in [0.05, 0.1) is 10.4 Å². The van der Waals surface area contributed by atoms with E-state index >= 15 is 0 Å². The minimum absolute atomic E-state index is 0.0117. The van der Waals surface area contributed by atoms with Gasteiger partial charge < -0.3 is 34.9 Å². The topological polar surface area (TPSA) is 188 Å². The molecule has 0 bridgehead atoms. The molecule has 15 heteroatoms. The van der Waals surface area contributed by atoms with Crippen LogP contribution in [-0.4, -0.2) is 97.6 Å². The van der Waals surface area contributed by atoms with Crippen molar-refractivity contribution in [1.82, 2.24) is 15.1 Å². The number of esters is 1. The first-order valence-corrected chi connectivity index (χ1v) is 21.9. The molecule has 13 nitrogen and oxygen atoms in total. The van der Waals surface area contributed by atoms with Crippen LogP contribution < -0.4 is 21.2 Å². The minimum Gasteiger partial charge on any atom is -0.480 e. The number of halogens is 2. The van der Waals surface area contributed by atoms with Crippen LogP contribution in [0.15, 0.2) is 82.0 Å². The van der Waals surface area contributed by atoms with Crippen molar-refractivity contribution in [3.8, 4) is 17.1 Å². The van der Waals surface area contributed by atoms with E-state index in [0.29, 0.717) is 35.3 Å². The Bertz CT molecular complexity index is 2200. The second-order valence-corrected chi connectivity index (χ2v) is 15.9. The summed E-state index contributed by atoms with van der Waals surface area (Å²) in [4.78, 5) is 52.8. The highest BCUT2D eigenvalue weighted by Gasteiger charge is 2.21. The molecule has 6 rings (SSSR count). The lowest BCUT2D eigenvalue weighted by molar-refractivity contribution is -0.139. The van der Waals surface area contributed by atoms with E-state index in [-0.39, 0.29) is 49.7 Å². The third kappa shape index (κ3) is 15.0. The fourth-order valence-corrected chi connectivity index (χ4v) is 7.52. The van der Waals surface area contributed by atoms with Crippen LogP contribution in [0.3, 0.4) is 0 Å². The molecule has 2 fully saturated rings. The number of para-hydroxylation sites is 1. The number of carbonyl (C=O) groups is 3. The molecule has 0 unspecified atom stereocenters. The van der Waals surface area contributed by atoms with Gasteiger partial charge in [0.25, 0.3) is 0 Å². The average molecular weight is 893 g/mol. The third-order valence-corrected chi connectivity index (χ3v) is 11.4. The molecule has 2 saturated heterocycles. The number of hydrogen-bond acceptors (Lipinski definition) is 10. The normalized spacial score (nSPS) is 14.5. The zero-order valence-corrected chi connectivity index (χ0v) is 37.3. The Morgan fingerprint density at radius 2 is 1.47 bits per heavy atom. The monoisotopic (exact) mass is 891 g/mol. The van der Waals surface area contributed by atoms with Gasteiger partial charge in [-0.3, -0.25) is 19.9 Å². The van der Waals surface area contributed by atoms with Gasteiger partial charge in [-0.15, -0.1) is 0 Å². The smallest absolute Gasteiger partial charge is 0.342 e. The van der Waals surface area contributed by atoms with Gasteiger partial charge in [0.2, 0.25) is 0 Å². The van der Waals surface area contributed by atoms with E-state index < -0.39 is 18.5 Å². The van der Waals surface area contributed by atoms with E-state index in [1.54, 1.807) is 32.0 Å². The lowest BCUT2D eigenvalue weighted by atomic mass is 10.0. The van der Waals surface area contributed by atoms with Crippen molar-refractivity contribution >= 4 is 57.9 Å². The van der Waals surface area contributed by atoms with Gasteiger partial charge in [-0.25, -0.2) is 9.59 Å². The number of guanidine groups is 1. The van der Waals surface area contributed by atoms with Crippen molar-refractivity contribution in [2.45, 2.75) is 71.6 Å². The van der Waals surface area contributed by atoms with Crippen LogP contribution in [0.25, 0.3) is 22.3 Å². The number of ether oxygens (including phenoxy) is 2. The fraction of sp³-hybridized carbons (Fsp3) is 0.426. The molecular formula is C47H59Cl2N5O8. The number of benzene rings is 3. The van der Waals surface area contributed by atoms with Crippen LogP contribution in [0.4, 0.5) is 0 Å². The predicted octanol–water partition coefficient (Wildman–Crippen LogP) is 8.75. The summed E-state index contributed by atoms with van der Waals surface area (Å²) in [6.07, 6.45) is 11.0. The van der Waals surface area contributed by atoms with Crippen molar-refractivity contribution in [2.75, 3.05) is 59.0 Å². The summed E-state index contributed by atoms with van der Waals surface area (Å²) < 4.78 is 16.6. The Morgan fingerprint density at radius 1 is 0.855 bits per heavy atom. The highest BCUT2D eigenvalue weighted by molar-refractivity contribution is 6.45. The molecule has 5 N–H and O–H groups in total.